The van der Waals surface area contributed by atoms with Gasteiger partial charge >= 0.3 is 0 Å². The molecule has 0 saturated heterocycles. The number of hydrogen-bond donors (Lipinski definition) is 1. The maximum absolute atomic E-state index is 5.74. The van der Waals surface area contributed by atoms with Crippen molar-refractivity contribution >= 4 is 0 Å². The lowest BCUT2D eigenvalue weighted by atomic mass is 10.1. The molecule has 1 N–H and O–H groups in total. The molecule has 0 unspecified atom stereocenters. The van der Waals surface area contributed by atoms with E-state index in [0.29, 0.717) is 12.5 Å². The summed E-state index contributed by atoms with van der Waals surface area (Å²) in [6, 6.07) is 5.85. The zero-order chi connectivity index (χ0) is 12.9. The van der Waals surface area contributed by atoms with Crippen LogP contribution in [0.25, 0.3) is 0 Å². The van der Waals surface area contributed by atoms with E-state index in [-0.39, 0.29) is 5.54 Å². The summed E-state index contributed by atoms with van der Waals surface area (Å²) in [6.07, 6.45) is 0. The van der Waals surface area contributed by atoms with E-state index in [1.54, 1.807) is 0 Å². The Hall–Kier alpha value is -1.13. The average molecular weight is 237 g/mol. The van der Waals surface area contributed by atoms with Gasteiger partial charge < -0.3 is 15.0 Å². The highest BCUT2D eigenvalue weighted by Crippen LogP contribution is 2.14. The smallest absolute Gasteiger partial charge is 0.213 e. The summed E-state index contributed by atoms with van der Waals surface area (Å²) in [5.74, 6) is 0.688. The molecule has 1 aromatic rings. The van der Waals surface area contributed by atoms with E-state index in [9.17, 15) is 0 Å². The van der Waals surface area contributed by atoms with Gasteiger partial charge in [-0.3, -0.25) is 0 Å². The average Bonchev–Trinajstić information content (AvgIpc) is 2.27. The molecule has 4 nitrogen and oxygen atoms in total. The van der Waals surface area contributed by atoms with Crippen LogP contribution in [-0.2, 0) is 6.54 Å². The highest BCUT2D eigenvalue weighted by atomic mass is 16.5. The fourth-order valence-corrected chi connectivity index (χ4v) is 1.20. The van der Waals surface area contributed by atoms with Crippen LogP contribution in [-0.4, -0.2) is 43.2 Å². The van der Waals surface area contributed by atoms with Crippen molar-refractivity contribution in [3.63, 3.8) is 0 Å². The van der Waals surface area contributed by atoms with Crippen LogP contribution in [0.4, 0.5) is 0 Å². The second-order valence-corrected chi connectivity index (χ2v) is 4.99. The lowest BCUT2D eigenvalue weighted by molar-refractivity contribution is 0.111. The van der Waals surface area contributed by atoms with Gasteiger partial charge in [0, 0.05) is 18.2 Å². The van der Waals surface area contributed by atoms with Crippen LogP contribution in [0.5, 0.6) is 5.88 Å². The maximum atomic E-state index is 5.74. The molecule has 0 fully saturated rings. The van der Waals surface area contributed by atoms with Crippen molar-refractivity contribution in [1.29, 1.82) is 0 Å². The molecule has 0 spiro atoms. The normalized spacial score (nSPS) is 11.9. The van der Waals surface area contributed by atoms with Gasteiger partial charge in [-0.1, -0.05) is 6.07 Å². The number of likely N-dealkylation sites (N-methyl/N-ethyl adjacent to an activating group) is 1. The van der Waals surface area contributed by atoms with Crippen LogP contribution in [0, 0.1) is 0 Å². The highest BCUT2D eigenvalue weighted by Gasteiger charge is 2.21. The van der Waals surface area contributed by atoms with Crippen molar-refractivity contribution in [1.82, 2.24) is 15.2 Å². The molecule has 0 atom stereocenters. The van der Waals surface area contributed by atoms with Crippen LogP contribution < -0.4 is 10.1 Å². The zero-order valence-corrected chi connectivity index (χ0v) is 11.4. The highest BCUT2D eigenvalue weighted by molar-refractivity contribution is 5.15. The molecule has 0 amide bonds. The summed E-state index contributed by atoms with van der Waals surface area (Å²) >= 11 is 0. The predicted molar refractivity (Wildman–Crippen MR) is 70.3 cm³/mol. The Morgan fingerprint density at radius 2 is 2.06 bits per heavy atom. The van der Waals surface area contributed by atoms with Crippen LogP contribution in [0.3, 0.4) is 0 Å². The first-order chi connectivity index (χ1) is 7.95. The largest absolute Gasteiger partial charge is 0.476 e. The molecular weight excluding hydrogens is 214 g/mol. The third-order valence-electron chi connectivity index (χ3n) is 2.92. The van der Waals surface area contributed by atoms with Gasteiger partial charge in [0.15, 0.2) is 0 Å². The van der Waals surface area contributed by atoms with Crippen LogP contribution >= 0.6 is 0 Å². The van der Waals surface area contributed by atoms with Crippen LogP contribution in [0.2, 0.25) is 0 Å². The van der Waals surface area contributed by atoms with Gasteiger partial charge in [-0.25, -0.2) is 4.98 Å². The first kappa shape index (κ1) is 13.9. The third kappa shape index (κ3) is 4.32. The molecule has 0 bridgehead atoms. The molecular formula is C13H23N3O. The number of hydrogen-bond acceptors (Lipinski definition) is 4. The van der Waals surface area contributed by atoms with E-state index in [1.807, 2.05) is 39.3 Å². The zero-order valence-electron chi connectivity index (χ0n) is 11.4. The van der Waals surface area contributed by atoms with Crippen molar-refractivity contribution in [2.24, 2.45) is 0 Å². The monoisotopic (exact) mass is 237 g/mol. The molecule has 0 aliphatic rings. The molecule has 1 aromatic heterocycles. The van der Waals surface area contributed by atoms with Crippen LogP contribution in [0.1, 0.15) is 19.5 Å². The van der Waals surface area contributed by atoms with Crippen molar-refractivity contribution in [3.05, 3.63) is 23.9 Å². The second kappa shape index (κ2) is 5.98. The molecule has 96 valence electrons. The molecule has 1 heterocycles. The van der Waals surface area contributed by atoms with Gasteiger partial charge in [0.05, 0.1) is 5.69 Å². The van der Waals surface area contributed by atoms with Crippen molar-refractivity contribution < 1.29 is 4.74 Å². The summed E-state index contributed by atoms with van der Waals surface area (Å²) < 4.78 is 5.74. The van der Waals surface area contributed by atoms with E-state index in [4.69, 9.17) is 4.74 Å². The molecule has 0 aliphatic carbocycles. The molecule has 0 saturated carbocycles. The standard InChI is InChI=1S/C13H23N3O/c1-13(2,16(4)5)10-17-12-8-6-7-11(15-12)9-14-3/h6-8,14H,9-10H2,1-5H3. The summed E-state index contributed by atoms with van der Waals surface area (Å²) in [4.78, 5) is 6.56. The minimum absolute atomic E-state index is 0.000686. The van der Waals surface area contributed by atoms with E-state index in [1.165, 1.54) is 0 Å². The topological polar surface area (TPSA) is 37.4 Å². The summed E-state index contributed by atoms with van der Waals surface area (Å²) in [5, 5.41) is 3.08. The van der Waals surface area contributed by atoms with Crippen molar-refractivity contribution in [2.75, 3.05) is 27.7 Å². The third-order valence-corrected chi connectivity index (χ3v) is 2.92. The summed E-state index contributed by atoms with van der Waals surface area (Å²) in [5.41, 5.74) is 0.994. The fourth-order valence-electron chi connectivity index (χ4n) is 1.20. The first-order valence-corrected chi connectivity index (χ1v) is 5.86. The Morgan fingerprint density at radius 1 is 1.35 bits per heavy atom. The quantitative estimate of drug-likeness (QED) is 0.814. The maximum Gasteiger partial charge on any atom is 0.213 e. The molecule has 0 radical (unpaired) electrons. The minimum atomic E-state index is 0.000686. The molecule has 0 aromatic carbocycles. The van der Waals surface area contributed by atoms with Gasteiger partial charge in [-0.15, -0.1) is 0 Å². The SMILES string of the molecule is CNCc1cccc(OCC(C)(C)N(C)C)n1. The Bertz CT molecular complexity index is 350. The van der Waals surface area contributed by atoms with Gasteiger partial charge in [0.2, 0.25) is 5.88 Å². The molecule has 0 aliphatic heterocycles. The van der Waals surface area contributed by atoms with Crippen molar-refractivity contribution in [3.8, 4) is 5.88 Å². The molecule has 4 heteroatoms. The number of nitrogens with zero attached hydrogens (tertiary/aromatic N) is 2. The second-order valence-electron chi connectivity index (χ2n) is 4.99. The summed E-state index contributed by atoms with van der Waals surface area (Å²) in [6.45, 7) is 5.67. The van der Waals surface area contributed by atoms with E-state index in [0.717, 1.165) is 12.2 Å². The van der Waals surface area contributed by atoms with Crippen LogP contribution in [0.15, 0.2) is 18.2 Å². The van der Waals surface area contributed by atoms with Gasteiger partial charge in [-0.2, -0.15) is 0 Å². The summed E-state index contributed by atoms with van der Waals surface area (Å²) in [7, 11) is 6.01. The van der Waals surface area contributed by atoms with Gasteiger partial charge in [0.25, 0.3) is 0 Å². The Morgan fingerprint density at radius 3 is 2.65 bits per heavy atom. The number of rotatable bonds is 6. The Balaban J connectivity index is 2.60. The van der Waals surface area contributed by atoms with E-state index >= 15 is 0 Å². The Labute approximate surface area is 104 Å². The number of nitrogens with one attached hydrogen (secondary N) is 1. The number of aromatic nitrogens is 1. The fraction of sp³-hybridized carbons (Fsp3) is 0.615. The van der Waals surface area contributed by atoms with Crippen molar-refractivity contribution in [2.45, 2.75) is 25.9 Å². The van der Waals surface area contributed by atoms with E-state index < -0.39 is 0 Å². The lowest BCUT2D eigenvalue weighted by Crippen LogP contribution is -2.43. The molecule has 1 rings (SSSR count). The molecule has 17 heavy (non-hydrogen) atoms. The lowest BCUT2D eigenvalue weighted by Gasteiger charge is -2.31. The van der Waals surface area contributed by atoms with Gasteiger partial charge in [0.1, 0.15) is 6.61 Å². The Kier molecular flexibility index (Phi) is 4.90. The number of ether oxygens (including phenoxy) is 1. The van der Waals surface area contributed by atoms with E-state index in [2.05, 4.69) is 29.0 Å². The minimum Gasteiger partial charge on any atom is -0.476 e. The first-order valence-electron chi connectivity index (χ1n) is 5.86. The predicted octanol–water partition coefficient (Wildman–Crippen LogP) is 1.52. The number of pyridine rings is 1. The van der Waals surface area contributed by atoms with Gasteiger partial charge in [-0.05, 0) is 41.1 Å².